The van der Waals surface area contributed by atoms with Gasteiger partial charge >= 0.3 is 0 Å². The Balaban J connectivity index is 3.41. The highest BCUT2D eigenvalue weighted by atomic mass is 79.9. The molecule has 1 N–H and O–H groups in total. The standard InChI is InChI=1S/C9H10BrFO2/c1-5-3-7(11)8(10)6(4-12)9(5)13-2/h3,12H,4H2,1-2H3. The maximum absolute atomic E-state index is 13.1. The molecule has 1 aromatic rings. The summed E-state index contributed by atoms with van der Waals surface area (Å²) in [6.07, 6.45) is 0. The van der Waals surface area contributed by atoms with Gasteiger partial charge in [0, 0.05) is 5.56 Å². The van der Waals surface area contributed by atoms with E-state index in [2.05, 4.69) is 15.9 Å². The van der Waals surface area contributed by atoms with Crippen LogP contribution in [0.15, 0.2) is 10.5 Å². The summed E-state index contributed by atoms with van der Waals surface area (Å²) in [7, 11) is 1.49. The maximum atomic E-state index is 13.1. The zero-order chi connectivity index (χ0) is 10.0. The third kappa shape index (κ3) is 1.84. The van der Waals surface area contributed by atoms with E-state index in [1.54, 1.807) is 6.92 Å². The first-order valence-electron chi connectivity index (χ1n) is 3.74. The quantitative estimate of drug-likeness (QED) is 0.871. The number of ether oxygens (including phenoxy) is 1. The van der Waals surface area contributed by atoms with E-state index >= 15 is 0 Å². The molecule has 72 valence electrons. The molecule has 0 radical (unpaired) electrons. The van der Waals surface area contributed by atoms with Crippen LogP contribution in [0.3, 0.4) is 0 Å². The predicted molar refractivity (Wildman–Crippen MR) is 51.3 cm³/mol. The van der Waals surface area contributed by atoms with Crippen molar-refractivity contribution in [3.05, 3.63) is 27.5 Å². The monoisotopic (exact) mass is 248 g/mol. The molecule has 0 spiro atoms. The molecule has 1 rings (SSSR count). The van der Waals surface area contributed by atoms with E-state index in [1.165, 1.54) is 13.2 Å². The summed E-state index contributed by atoms with van der Waals surface area (Å²) < 4.78 is 18.4. The van der Waals surface area contributed by atoms with Crippen LogP contribution in [0, 0.1) is 12.7 Å². The van der Waals surface area contributed by atoms with Gasteiger partial charge in [-0.05, 0) is 34.5 Å². The Hall–Kier alpha value is -0.610. The first-order valence-corrected chi connectivity index (χ1v) is 4.53. The molecule has 0 aliphatic carbocycles. The highest BCUT2D eigenvalue weighted by Gasteiger charge is 2.13. The van der Waals surface area contributed by atoms with Crippen molar-refractivity contribution in [2.75, 3.05) is 7.11 Å². The molecule has 0 bridgehead atoms. The van der Waals surface area contributed by atoms with Gasteiger partial charge in [-0.25, -0.2) is 4.39 Å². The summed E-state index contributed by atoms with van der Waals surface area (Å²) in [4.78, 5) is 0. The van der Waals surface area contributed by atoms with E-state index in [0.29, 0.717) is 16.9 Å². The van der Waals surface area contributed by atoms with Crippen LogP contribution in [0.2, 0.25) is 0 Å². The van der Waals surface area contributed by atoms with Crippen LogP contribution in [0.25, 0.3) is 0 Å². The minimum Gasteiger partial charge on any atom is -0.496 e. The molecule has 0 fully saturated rings. The summed E-state index contributed by atoms with van der Waals surface area (Å²) in [5.41, 5.74) is 1.12. The molecule has 0 aliphatic rings. The number of benzene rings is 1. The molecule has 0 saturated carbocycles. The second kappa shape index (κ2) is 4.07. The Morgan fingerprint density at radius 2 is 2.23 bits per heavy atom. The summed E-state index contributed by atoms with van der Waals surface area (Å²) in [6, 6.07) is 1.36. The normalized spacial score (nSPS) is 10.2. The lowest BCUT2D eigenvalue weighted by molar-refractivity contribution is 0.271. The number of aliphatic hydroxyl groups excluding tert-OH is 1. The Morgan fingerprint density at radius 1 is 1.62 bits per heavy atom. The van der Waals surface area contributed by atoms with Crippen molar-refractivity contribution >= 4 is 15.9 Å². The third-order valence-corrected chi connectivity index (χ3v) is 2.67. The molecule has 0 aliphatic heterocycles. The van der Waals surface area contributed by atoms with E-state index in [1.807, 2.05) is 0 Å². The van der Waals surface area contributed by atoms with Crippen LogP contribution in [0.1, 0.15) is 11.1 Å². The van der Waals surface area contributed by atoms with Crippen LogP contribution in [-0.2, 0) is 6.61 Å². The average Bonchev–Trinajstić information content (AvgIpc) is 2.10. The Bertz CT molecular complexity index is 326. The highest BCUT2D eigenvalue weighted by molar-refractivity contribution is 9.10. The molecular weight excluding hydrogens is 239 g/mol. The second-order valence-corrected chi connectivity index (χ2v) is 3.45. The highest BCUT2D eigenvalue weighted by Crippen LogP contribution is 2.32. The minimum atomic E-state index is -0.387. The van der Waals surface area contributed by atoms with Crippen molar-refractivity contribution in [1.29, 1.82) is 0 Å². The van der Waals surface area contributed by atoms with Crippen LogP contribution >= 0.6 is 15.9 Å². The molecule has 13 heavy (non-hydrogen) atoms. The Kier molecular flexibility index (Phi) is 3.27. The molecule has 2 nitrogen and oxygen atoms in total. The van der Waals surface area contributed by atoms with E-state index in [9.17, 15) is 4.39 Å². The largest absolute Gasteiger partial charge is 0.496 e. The molecule has 0 amide bonds. The number of methoxy groups -OCH3 is 1. The van der Waals surface area contributed by atoms with Crippen molar-refractivity contribution in [3.8, 4) is 5.75 Å². The topological polar surface area (TPSA) is 29.5 Å². The van der Waals surface area contributed by atoms with Crippen molar-refractivity contribution in [3.63, 3.8) is 0 Å². The Morgan fingerprint density at radius 3 is 2.69 bits per heavy atom. The minimum absolute atomic E-state index is 0.248. The molecule has 1 aromatic carbocycles. The van der Waals surface area contributed by atoms with Crippen molar-refractivity contribution in [1.82, 2.24) is 0 Å². The van der Waals surface area contributed by atoms with Gasteiger partial charge in [0.15, 0.2) is 0 Å². The lowest BCUT2D eigenvalue weighted by Crippen LogP contribution is -1.98. The summed E-state index contributed by atoms with van der Waals surface area (Å²) in [5.74, 6) is 0.137. The average molecular weight is 249 g/mol. The van der Waals surface area contributed by atoms with Gasteiger partial charge < -0.3 is 9.84 Å². The van der Waals surface area contributed by atoms with Crippen LogP contribution < -0.4 is 4.74 Å². The molecule has 0 saturated heterocycles. The Labute approximate surface area is 84.5 Å². The smallest absolute Gasteiger partial charge is 0.138 e. The van der Waals surface area contributed by atoms with E-state index in [4.69, 9.17) is 9.84 Å². The number of aliphatic hydroxyl groups is 1. The van der Waals surface area contributed by atoms with Gasteiger partial charge in [-0.15, -0.1) is 0 Å². The van der Waals surface area contributed by atoms with Gasteiger partial charge in [0.25, 0.3) is 0 Å². The second-order valence-electron chi connectivity index (χ2n) is 2.66. The molecule has 4 heteroatoms. The van der Waals surface area contributed by atoms with Crippen LogP contribution in [-0.4, -0.2) is 12.2 Å². The SMILES string of the molecule is COc1c(C)cc(F)c(Br)c1CO. The fraction of sp³-hybridized carbons (Fsp3) is 0.333. The van der Waals surface area contributed by atoms with Gasteiger partial charge in [-0.3, -0.25) is 0 Å². The number of rotatable bonds is 2. The zero-order valence-electron chi connectivity index (χ0n) is 7.40. The molecule has 0 atom stereocenters. The summed E-state index contributed by atoms with van der Waals surface area (Å²) in [6.45, 7) is 1.48. The van der Waals surface area contributed by atoms with E-state index in [-0.39, 0.29) is 16.9 Å². The number of aryl methyl sites for hydroxylation is 1. The number of hydrogen-bond donors (Lipinski definition) is 1. The lowest BCUT2D eigenvalue weighted by atomic mass is 10.1. The maximum Gasteiger partial charge on any atom is 0.138 e. The first-order chi connectivity index (χ1) is 6.11. The van der Waals surface area contributed by atoms with E-state index < -0.39 is 0 Å². The lowest BCUT2D eigenvalue weighted by Gasteiger charge is -2.11. The number of halogens is 2. The van der Waals surface area contributed by atoms with Crippen LogP contribution in [0.5, 0.6) is 5.75 Å². The van der Waals surface area contributed by atoms with E-state index in [0.717, 1.165) is 0 Å². The predicted octanol–water partition coefficient (Wildman–Crippen LogP) is 2.40. The van der Waals surface area contributed by atoms with Crippen molar-refractivity contribution < 1.29 is 14.2 Å². The fourth-order valence-corrected chi connectivity index (χ4v) is 1.65. The molecular formula is C9H10BrFO2. The summed E-state index contributed by atoms with van der Waals surface area (Å²) in [5, 5.41) is 9.00. The van der Waals surface area contributed by atoms with Gasteiger partial charge in [0.2, 0.25) is 0 Å². The fourth-order valence-electron chi connectivity index (χ4n) is 1.23. The van der Waals surface area contributed by atoms with Crippen molar-refractivity contribution in [2.24, 2.45) is 0 Å². The van der Waals surface area contributed by atoms with Gasteiger partial charge in [0.1, 0.15) is 11.6 Å². The number of hydrogen-bond acceptors (Lipinski definition) is 2. The third-order valence-electron chi connectivity index (χ3n) is 1.81. The van der Waals surface area contributed by atoms with Crippen LogP contribution in [0.4, 0.5) is 4.39 Å². The molecule has 0 aromatic heterocycles. The van der Waals surface area contributed by atoms with Gasteiger partial charge in [0.05, 0.1) is 18.2 Å². The molecule has 0 heterocycles. The van der Waals surface area contributed by atoms with Gasteiger partial charge in [-0.2, -0.15) is 0 Å². The van der Waals surface area contributed by atoms with Crippen molar-refractivity contribution in [2.45, 2.75) is 13.5 Å². The zero-order valence-corrected chi connectivity index (χ0v) is 8.98. The molecule has 0 unspecified atom stereocenters. The first kappa shape index (κ1) is 10.5. The van der Waals surface area contributed by atoms with Gasteiger partial charge in [-0.1, -0.05) is 0 Å². The summed E-state index contributed by atoms with van der Waals surface area (Å²) >= 11 is 3.05.